The highest BCUT2D eigenvalue weighted by atomic mass is 16.5. The number of esters is 2. The van der Waals surface area contributed by atoms with Gasteiger partial charge in [-0.1, -0.05) is 79.9 Å². The molecule has 240 valence electrons. The minimum absolute atomic E-state index is 0.214. The van der Waals surface area contributed by atoms with Crippen LogP contribution in [0.15, 0.2) is 119 Å². The minimum atomic E-state index is -0.480. The number of para-hydroxylation sites is 2. The first-order valence-corrected chi connectivity index (χ1v) is 15.4. The zero-order valence-corrected chi connectivity index (χ0v) is 25.8. The van der Waals surface area contributed by atoms with Gasteiger partial charge in [0.05, 0.1) is 23.6 Å². The summed E-state index contributed by atoms with van der Waals surface area (Å²) in [5.41, 5.74) is 7.00. The van der Waals surface area contributed by atoms with Crippen molar-refractivity contribution in [1.82, 2.24) is 10.9 Å². The Morgan fingerprint density at radius 2 is 0.851 bits per heavy atom. The van der Waals surface area contributed by atoms with E-state index in [1.54, 1.807) is 97.1 Å². The second-order valence-electron chi connectivity index (χ2n) is 10.4. The zero-order valence-electron chi connectivity index (χ0n) is 25.8. The average molecular weight is 633 g/mol. The fraction of sp³-hybridized carbons (Fsp3) is 0.189. The van der Waals surface area contributed by atoms with Crippen LogP contribution in [0.25, 0.3) is 0 Å². The molecule has 4 aromatic rings. The smallest absolute Gasteiger partial charge is 0.343 e. The van der Waals surface area contributed by atoms with Crippen LogP contribution in [0.4, 0.5) is 0 Å². The van der Waals surface area contributed by atoms with E-state index in [-0.39, 0.29) is 11.8 Å². The molecule has 2 amide bonds. The molecule has 0 aliphatic carbocycles. The highest BCUT2D eigenvalue weighted by Crippen LogP contribution is 2.19. The molecule has 0 atom stereocenters. The van der Waals surface area contributed by atoms with Gasteiger partial charge in [-0.25, -0.2) is 20.4 Å². The number of hydrazone groups is 2. The molecule has 0 aliphatic heterocycles. The number of unbranched alkanes of at least 4 members (excludes halogenated alkanes) is 4. The number of carbonyl (C=O) groups is 4. The van der Waals surface area contributed by atoms with Crippen LogP contribution in [0.2, 0.25) is 0 Å². The summed E-state index contributed by atoms with van der Waals surface area (Å²) < 4.78 is 11.0. The molecule has 0 radical (unpaired) electrons. The number of benzene rings is 4. The molecule has 0 heterocycles. The Morgan fingerprint density at radius 3 is 1.28 bits per heavy atom. The van der Waals surface area contributed by atoms with Gasteiger partial charge < -0.3 is 9.47 Å². The molecule has 0 fully saturated rings. The SMILES string of the molecule is O=C(CCCCCCCC(=O)NN=Cc1ccccc1OC(=O)c1ccccc1)NN=Cc1ccccc1OC(=O)c1ccccc1. The van der Waals surface area contributed by atoms with Crippen molar-refractivity contribution in [3.05, 3.63) is 131 Å². The van der Waals surface area contributed by atoms with Crippen molar-refractivity contribution < 1.29 is 28.7 Å². The second-order valence-corrected chi connectivity index (χ2v) is 10.4. The van der Waals surface area contributed by atoms with Gasteiger partial charge >= 0.3 is 11.9 Å². The molecule has 0 spiro atoms. The maximum absolute atomic E-state index is 12.4. The molecule has 4 rings (SSSR count). The van der Waals surface area contributed by atoms with Gasteiger partial charge in [0.15, 0.2) is 0 Å². The van der Waals surface area contributed by atoms with Crippen LogP contribution in [-0.2, 0) is 9.59 Å². The summed E-state index contributed by atoms with van der Waals surface area (Å²) in [6.07, 6.45) is 7.47. The number of hydrogen-bond acceptors (Lipinski definition) is 8. The lowest BCUT2D eigenvalue weighted by atomic mass is 10.1. The summed E-state index contributed by atoms with van der Waals surface area (Å²) in [4.78, 5) is 49.2. The number of ether oxygens (including phenoxy) is 2. The van der Waals surface area contributed by atoms with Crippen molar-refractivity contribution in [2.75, 3.05) is 0 Å². The van der Waals surface area contributed by atoms with Gasteiger partial charge in [-0.15, -0.1) is 0 Å². The normalized spacial score (nSPS) is 10.9. The number of rotatable bonds is 16. The van der Waals surface area contributed by atoms with Crippen LogP contribution >= 0.6 is 0 Å². The topological polar surface area (TPSA) is 136 Å². The third kappa shape index (κ3) is 11.8. The van der Waals surface area contributed by atoms with Gasteiger partial charge in [0.25, 0.3) is 0 Å². The Morgan fingerprint density at radius 1 is 0.489 bits per heavy atom. The van der Waals surface area contributed by atoms with Gasteiger partial charge in [-0.3, -0.25) is 9.59 Å². The Labute approximate surface area is 273 Å². The third-order valence-corrected chi connectivity index (χ3v) is 6.86. The molecule has 0 aromatic heterocycles. The van der Waals surface area contributed by atoms with Crippen LogP contribution < -0.4 is 20.3 Å². The van der Waals surface area contributed by atoms with E-state index >= 15 is 0 Å². The fourth-order valence-corrected chi connectivity index (χ4v) is 4.39. The largest absolute Gasteiger partial charge is 0.422 e. The lowest BCUT2D eigenvalue weighted by Gasteiger charge is -2.07. The number of nitrogens with one attached hydrogen (secondary N) is 2. The van der Waals surface area contributed by atoms with E-state index in [2.05, 4.69) is 21.1 Å². The Kier molecular flexibility index (Phi) is 13.6. The molecule has 10 heteroatoms. The maximum atomic E-state index is 12.4. The third-order valence-electron chi connectivity index (χ3n) is 6.86. The lowest BCUT2D eigenvalue weighted by molar-refractivity contribution is -0.121. The molecule has 4 aromatic carbocycles. The maximum Gasteiger partial charge on any atom is 0.343 e. The first-order valence-electron chi connectivity index (χ1n) is 15.4. The van der Waals surface area contributed by atoms with Crippen LogP contribution in [0.3, 0.4) is 0 Å². The standard InChI is InChI=1S/C37H36N4O6/c42-34(40-38-26-30-20-12-14-22-32(30)46-36(44)28-16-6-4-7-17-28)24-10-2-1-3-11-25-35(43)41-39-27-31-21-13-15-23-33(31)47-37(45)29-18-8-5-9-19-29/h4-9,12-23,26-27H,1-3,10-11,24-25H2,(H,40,42)(H,41,43). The van der Waals surface area contributed by atoms with Crippen molar-refractivity contribution in [2.45, 2.75) is 44.9 Å². The molecular weight excluding hydrogens is 596 g/mol. The molecule has 47 heavy (non-hydrogen) atoms. The molecule has 0 saturated heterocycles. The van der Waals surface area contributed by atoms with Crippen molar-refractivity contribution in [2.24, 2.45) is 10.2 Å². The van der Waals surface area contributed by atoms with Crippen LogP contribution in [0.1, 0.15) is 76.8 Å². The Bertz CT molecular complexity index is 1560. The van der Waals surface area contributed by atoms with Crippen molar-refractivity contribution in [3.63, 3.8) is 0 Å². The van der Waals surface area contributed by atoms with Crippen LogP contribution in [0.5, 0.6) is 11.5 Å². The fourth-order valence-electron chi connectivity index (χ4n) is 4.39. The molecule has 0 aliphatic rings. The van der Waals surface area contributed by atoms with Gasteiger partial charge in [-0.05, 0) is 61.4 Å². The first-order chi connectivity index (χ1) is 23.0. The van der Waals surface area contributed by atoms with Crippen molar-refractivity contribution in [3.8, 4) is 11.5 Å². The van der Waals surface area contributed by atoms with Crippen molar-refractivity contribution in [1.29, 1.82) is 0 Å². The van der Waals surface area contributed by atoms with Gasteiger partial charge in [0.1, 0.15) is 11.5 Å². The minimum Gasteiger partial charge on any atom is -0.422 e. The molecule has 2 N–H and O–H groups in total. The van der Waals surface area contributed by atoms with Gasteiger partial charge in [-0.2, -0.15) is 10.2 Å². The molecule has 10 nitrogen and oxygen atoms in total. The molecule has 0 bridgehead atoms. The quantitative estimate of drug-likeness (QED) is 0.0479. The van der Waals surface area contributed by atoms with E-state index in [1.807, 2.05) is 12.1 Å². The van der Waals surface area contributed by atoms with E-state index in [9.17, 15) is 19.2 Å². The summed E-state index contributed by atoms with van der Waals surface area (Å²) in [5, 5.41) is 8.02. The van der Waals surface area contributed by atoms with E-state index in [0.29, 0.717) is 59.4 Å². The number of amides is 2. The van der Waals surface area contributed by atoms with Crippen LogP contribution in [0, 0.1) is 0 Å². The lowest BCUT2D eigenvalue weighted by Crippen LogP contribution is -2.17. The summed E-state index contributed by atoms with van der Waals surface area (Å²) >= 11 is 0. The molecule has 0 unspecified atom stereocenters. The predicted octanol–water partition coefficient (Wildman–Crippen LogP) is 6.46. The van der Waals surface area contributed by atoms with E-state index < -0.39 is 11.9 Å². The van der Waals surface area contributed by atoms with E-state index in [1.165, 1.54) is 12.4 Å². The highest BCUT2D eigenvalue weighted by molar-refractivity contribution is 5.94. The van der Waals surface area contributed by atoms with Crippen molar-refractivity contribution >= 4 is 36.2 Å². The Balaban J connectivity index is 1.08. The zero-order chi connectivity index (χ0) is 33.1. The summed E-state index contributed by atoms with van der Waals surface area (Å²) in [7, 11) is 0. The predicted molar refractivity (Wildman–Crippen MR) is 179 cm³/mol. The molecular formula is C37H36N4O6. The highest BCUT2D eigenvalue weighted by Gasteiger charge is 2.12. The summed E-state index contributed by atoms with van der Waals surface area (Å²) in [5.74, 6) is -0.709. The van der Waals surface area contributed by atoms with Gasteiger partial charge in [0.2, 0.25) is 11.8 Å². The summed E-state index contributed by atoms with van der Waals surface area (Å²) in [6.45, 7) is 0. The summed E-state index contributed by atoms with van der Waals surface area (Å²) in [6, 6.07) is 31.2. The average Bonchev–Trinajstić information content (AvgIpc) is 3.10. The van der Waals surface area contributed by atoms with E-state index in [4.69, 9.17) is 9.47 Å². The second kappa shape index (κ2) is 18.8. The Hall–Kier alpha value is -5.90. The first kappa shape index (κ1) is 34.0. The van der Waals surface area contributed by atoms with E-state index in [0.717, 1.165) is 19.3 Å². The number of carbonyl (C=O) groups excluding carboxylic acids is 4. The van der Waals surface area contributed by atoms with Crippen LogP contribution in [-0.4, -0.2) is 36.2 Å². The number of nitrogens with zero attached hydrogens (tertiary/aromatic N) is 2. The molecule has 0 saturated carbocycles. The monoisotopic (exact) mass is 632 g/mol. The van der Waals surface area contributed by atoms with Gasteiger partial charge in [0, 0.05) is 24.0 Å². The number of hydrogen-bond donors (Lipinski definition) is 2.